The van der Waals surface area contributed by atoms with Crippen LogP contribution in [0.15, 0.2) is 42.9 Å². The van der Waals surface area contributed by atoms with Gasteiger partial charge in [0.25, 0.3) is 0 Å². The molecule has 0 saturated carbocycles. The van der Waals surface area contributed by atoms with Crippen LogP contribution in [-0.2, 0) is 0 Å². The number of nitro groups is 1. The molecule has 3 rings (SSSR count). The summed E-state index contributed by atoms with van der Waals surface area (Å²) < 4.78 is 26.3. The van der Waals surface area contributed by atoms with Gasteiger partial charge < -0.3 is 10.6 Å². The van der Waals surface area contributed by atoms with Crippen molar-refractivity contribution in [3.63, 3.8) is 0 Å². The Labute approximate surface area is 150 Å². The van der Waals surface area contributed by atoms with Crippen molar-refractivity contribution in [2.75, 3.05) is 10.6 Å². The van der Waals surface area contributed by atoms with E-state index in [1.807, 2.05) is 0 Å². The molecule has 0 spiro atoms. The Morgan fingerprint density at radius 2 is 1.73 bits per heavy atom. The monoisotopic (exact) mass is 378 g/mol. The highest BCUT2D eigenvalue weighted by molar-refractivity contribution is 6.30. The second kappa shape index (κ2) is 7.23. The Morgan fingerprint density at radius 3 is 2.35 bits per heavy atom. The molecule has 0 aliphatic heterocycles. The van der Waals surface area contributed by atoms with Crippen molar-refractivity contribution in [3.05, 3.63) is 69.6 Å². The van der Waals surface area contributed by atoms with Gasteiger partial charge in [0.05, 0.1) is 9.95 Å². The molecule has 2 heterocycles. The summed E-state index contributed by atoms with van der Waals surface area (Å²) in [6.07, 6.45) is 2.44. The Morgan fingerprint density at radius 1 is 1.00 bits per heavy atom. The topological polar surface area (TPSA) is 106 Å². The number of hydrogen-bond acceptors (Lipinski definition) is 7. The van der Waals surface area contributed by atoms with Crippen LogP contribution in [0.25, 0.3) is 0 Å². The van der Waals surface area contributed by atoms with E-state index in [1.54, 1.807) is 6.07 Å². The highest BCUT2D eigenvalue weighted by Gasteiger charge is 2.23. The summed E-state index contributed by atoms with van der Waals surface area (Å²) >= 11 is 5.74. The van der Waals surface area contributed by atoms with Crippen LogP contribution in [0.3, 0.4) is 0 Å². The number of nitrogens with one attached hydrogen (secondary N) is 2. The number of pyridine rings is 1. The zero-order valence-corrected chi connectivity index (χ0v) is 13.5. The van der Waals surface area contributed by atoms with Crippen molar-refractivity contribution in [2.45, 2.75) is 0 Å². The number of benzene rings is 1. The Hall–Kier alpha value is -3.40. The van der Waals surface area contributed by atoms with Gasteiger partial charge in [0.2, 0.25) is 11.6 Å². The first kappa shape index (κ1) is 17.4. The third-order valence-corrected chi connectivity index (χ3v) is 3.38. The summed E-state index contributed by atoms with van der Waals surface area (Å²) in [6, 6.07) is 6.02. The molecular formula is C15H9ClF2N6O2. The molecule has 0 unspecified atom stereocenters. The van der Waals surface area contributed by atoms with Crippen molar-refractivity contribution in [2.24, 2.45) is 0 Å². The van der Waals surface area contributed by atoms with Crippen molar-refractivity contribution in [1.82, 2.24) is 15.0 Å². The number of rotatable bonds is 5. The quantitative estimate of drug-likeness (QED) is 0.506. The first-order chi connectivity index (χ1) is 12.4. The average molecular weight is 379 g/mol. The lowest BCUT2D eigenvalue weighted by Crippen LogP contribution is -2.06. The number of anilines is 4. The molecular weight excluding hydrogens is 370 g/mol. The zero-order valence-electron chi connectivity index (χ0n) is 12.8. The molecule has 11 heteroatoms. The van der Waals surface area contributed by atoms with Crippen molar-refractivity contribution in [1.29, 1.82) is 0 Å². The largest absolute Gasteiger partial charge is 0.353 e. The van der Waals surface area contributed by atoms with Gasteiger partial charge >= 0.3 is 5.69 Å². The maximum absolute atomic E-state index is 13.3. The fourth-order valence-electron chi connectivity index (χ4n) is 2.02. The van der Waals surface area contributed by atoms with E-state index in [-0.39, 0.29) is 23.1 Å². The Bertz CT molecular complexity index is 971. The lowest BCUT2D eigenvalue weighted by Gasteiger charge is -2.10. The minimum atomic E-state index is -1.10. The molecule has 2 aromatic heterocycles. The van der Waals surface area contributed by atoms with E-state index in [4.69, 9.17) is 11.6 Å². The van der Waals surface area contributed by atoms with Crippen LogP contribution in [0.1, 0.15) is 0 Å². The van der Waals surface area contributed by atoms with Crippen LogP contribution >= 0.6 is 11.6 Å². The number of hydrogen-bond donors (Lipinski definition) is 2. The molecule has 0 aliphatic carbocycles. The minimum Gasteiger partial charge on any atom is -0.334 e. The molecule has 0 aliphatic rings. The van der Waals surface area contributed by atoms with Crippen molar-refractivity contribution >= 4 is 40.4 Å². The van der Waals surface area contributed by atoms with Crippen LogP contribution in [-0.4, -0.2) is 19.9 Å². The van der Waals surface area contributed by atoms with Gasteiger partial charge in [-0.3, -0.25) is 10.1 Å². The van der Waals surface area contributed by atoms with Gasteiger partial charge in [-0.05, 0) is 24.3 Å². The molecule has 0 saturated heterocycles. The van der Waals surface area contributed by atoms with Gasteiger partial charge in [-0.2, -0.15) is 0 Å². The first-order valence-corrected chi connectivity index (χ1v) is 7.42. The summed E-state index contributed by atoms with van der Waals surface area (Å²) in [7, 11) is 0. The fraction of sp³-hybridized carbons (Fsp3) is 0. The summed E-state index contributed by atoms with van der Waals surface area (Å²) in [5.41, 5.74) is -0.407. The van der Waals surface area contributed by atoms with Crippen molar-refractivity contribution < 1.29 is 13.7 Å². The fourth-order valence-corrected chi connectivity index (χ4v) is 2.13. The van der Waals surface area contributed by atoms with Crippen LogP contribution in [0.2, 0.25) is 5.02 Å². The predicted molar refractivity (Wildman–Crippen MR) is 90.9 cm³/mol. The zero-order chi connectivity index (χ0) is 18.7. The molecule has 0 fully saturated rings. The van der Waals surface area contributed by atoms with E-state index in [0.29, 0.717) is 5.02 Å². The molecule has 8 nitrogen and oxygen atoms in total. The SMILES string of the molecule is O=[N+]([O-])c1c(Nc2ccc(F)c(F)c2)ncnc1Nc1ccc(Cl)cn1. The lowest BCUT2D eigenvalue weighted by molar-refractivity contribution is -0.383. The van der Waals surface area contributed by atoms with E-state index in [9.17, 15) is 18.9 Å². The third-order valence-electron chi connectivity index (χ3n) is 3.16. The van der Waals surface area contributed by atoms with E-state index in [0.717, 1.165) is 18.5 Å². The van der Waals surface area contributed by atoms with Crippen LogP contribution in [0.4, 0.5) is 37.6 Å². The summed E-state index contributed by atoms with van der Waals surface area (Å²) in [6.45, 7) is 0. The summed E-state index contributed by atoms with van der Waals surface area (Å²) in [4.78, 5) is 22.4. The maximum Gasteiger partial charge on any atom is 0.353 e. The molecule has 26 heavy (non-hydrogen) atoms. The predicted octanol–water partition coefficient (Wildman–Crippen LogP) is 4.20. The van der Waals surface area contributed by atoms with Gasteiger partial charge in [-0.1, -0.05) is 11.6 Å². The molecule has 0 atom stereocenters. The molecule has 132 valence electrons. The second-order valence-corrected chi connectivity index (χ2v) is 5.35. The maximum atomic E-state index is 13.3. The van der Waals surface area contributed by atoms with E-state index in [2.05, 4.69) is 25.6 Å². The van der Waals surface area contributed by atoms with Gasteiger partial charge in [-0.15, -0.1) is 0 Å². The molecule has 3 aromatic rings. The summed E-state index contributed by atoms with van der Waals surface area (Å²) in [5, 5.41) is 17.1. The number of aromatic nitrogens is 3. The van der Waals surface area contributed by atoms with Gasteiger partial charge in [0, 0.05) is 18.0 Å². The van der Waals surface area contributed by atoms with E-state index >= 15 is 0 Å². The lowest BCUT2D eigenvalue weighted by atomic mass is 10.3. The van der Waals surface area contributed by atoms with Crippen molar-refractivity contribution in [3.8, 4) is 0 Å². The van der Waals surface area contributed by atoms with Crippen LogP contribution in [0, 0.1) is 21.7 Å². The molecule has 0 radical (unpaired) electrons. The van der Waals surface area contributed by atoms with Crippen LogP contribution < -0.4 is 10.6 Å². The normalized spacial score (nSPS) is 10.4. The molecule has 2 N–H and O–H groups in total. The molecule has 0 amide bonds. The molecule has 1 aromatic carbocycles. The van der Waals surface area contributed by atoms with Gasteiger partial charge in [0.15, 0.2) is 11.6 Å². The third kappa shape index (κ3) is 3.81. The van der Waals surface area contributed by atoms with Gasteiger partial charge in [-0.25, -0.2) is 23.7 Å². The Kier molecular flexibility index (Phi) is 4.85. The highest BCUT2D eigenvalue weighted by atomic mass is 35.5. The van der Waals surface area contributed by atoms with E-state index < -0.39 is 22.2 Å². The second-order valence-electron chi connectivity index (χ2n) is 4.92. The van der Waals surface area contributed by atoms with E-state index in [1.165, 1.54) is 18.3 Å². The Balaban J connectivity index is 1.96. The number of nitrogens with zero attached hydrogens (tertiary/aromatic N) is 4. The standard InChI is InChI=1S/C15H9ClF2N6O2/c16-8-1-4-12(19-6-8)23-15-13(24(25)26)14(20-7-21-15)22-9-2-3-10(17)11(18)5-9/h1-7H,(H2,19,20,21,22,23). The smallest absolute Gasteiger partial charge is 0.334 e. The minimum absolute atomic E-state index is 0.0845. The number of halogens is 3. The summed E-state index contributed by atoms with van der Waals surface area (Å²) in [5.74, 6) is -2.20. The van der Waals surface area contributed by atoms with Crippen LogP contribution in [0.5, 0.6) is 0 Å². The first-order valence-electron chi connectivity index (χ1n) is 7.04. The average Bonchev–Trinajstić information content (AvgIpc) is 2.60. The molecule has 0 bridgehead atoms. The highest BCUT2D eigenvalue weighted by Crippen LogP contribution is 2.32. The van der Waals surface area contributed by atoms with Gasteiger partial charge in [0.1, 0.15) is 12.1 Å².